The molecule has 2 N–H and O–H groups in total. The van der Waals surface area contributed by atoms with Crippen molar-refractivity contribution in [2.24, 2.45) is 4.99 Å². The van der Waals surface area contributed by atoms with E-state index in [0.717, 1.165) is 30.5 Å². The Kier molecular flexibility index (Phi) is 12.0. The van der Waals surface area contributed by atoms with Crippen LogP contribution in [0, 0.1) is 0 Å². The summed E-state index contributed by atoms with van der Waals surface area (Å²) in [6, 6.07) is 5.89. The van der Waals surface area contributed by atoms with Crippen LogP contribution >= 0.6 is 24.0 Å². The first kappa shape index (κ1) is 23.6. The lowest BCUT2D eigenvalue weighted by Gasteiger charge is -2.11. The third kappa shape index (κ3) is 8.87. The van der Waals surface area contributed by atoms with Crippen molar-refractivity contribution in [2.75, 3.05) is 33.7 Å². The second-order valence-corrected chi connectivity index (χ2v) is 6.74. The molecule has 0 spiro atoms. The number of hydrogen-bond donors (Lipinski definition) is 2. The summed E-state index contributed by atoms with van der Waals surface area (Å²) in [4.78, 5) is 6.89. The average Bonchev–Trinajstić information content (AvgIpc) is 3.04. The van der Waals surface area contributed by atoms with Gasteiger partial charge < -0.3 is 15.5 Å². The van der Waals surface area contributed by atoms with Crippen LogP contribution in [-0.4, -0.2) is 59.2 Å². The number of nitrogens with one attached hydrogen (secondary N) is 2. The lowest BCUT2D eigenvalue weighted by molar-refractivity contribution is 0.389. The summed E-state index contributed by atoms with van der Waals surface area (Å²) in [7, 11) is 4.27. The van der Waals surface area contributed by atoms with Crippen LogP contribution in [0.5, 0.6) is 0 Å². The van der Waals surface area contributed by atoms with Gasteiger partial charge in [0, 0.05) is 19.3 Å². The summed E-state index contributed by atoms with van der Waals surface area (Å²) >= 11 is 0. The minimum atomic E-state index is 0. The Morgan fingerprint density at radius 1 is 1.07 bits per heavy atom. The van der Waals surface area contributed by atoms with Crippen LogP contribution in [0.1, 0.15) is 44.9 Å². The molecule has 152 valence electrons. The van der Waals surface area contributed by atoms with Gasteiger partial charge in [0.15, 0.2) is 17.4 Å². The van der Waals surface area contributed by atoms with Crippen LogP contribution in [0.3, 0.4) is 0 Å². The van der Waals surface area contributed by atoms with E-state index < -0.39 is 0 Å². The maximum atomic E-state index is 4.64. The van der Waals surface area contributed by atoms with E-state index in [9.17, 15) is 0 Å². The number of unbranched alkanes of at least 4 members (excludes halogenated alkanes) is 4. The van der Waals surface area contributed by atoms with Crippen molar-refractivity contribution < 1.29 is 0 Å². The minimum Gasteiger partial charge on any atom is -0.357 e. The highest BCUT2D eigenvalue weighted by molar-refractivity contribution is 14.0. The van der Waals surface area contributed by atoms with E-state index in [1.807, 2.05) is 28.8 Å². The maximum absolute atomic E-state index is 4.64. The third-order valence-corrected chi connectivity index (χ3v) is 4.18. The van der Waals surface area contributed by atoms with Crippen LogP contribution in [0.25, 0.3) is 5.65 Å². The molecule has 0 aliphatic rings. The normalized spacial score (nSPS) is 11.6. The van der Waals surface area contributed by atoms with Crippen LogP contribution < -0.4 is 10.6 Å². The fourth-order valence-electron chi connectivity index (χ4n) is 2.78. The van der Waals surface area contributed by atoms with Crippen molar-refractivity contribution >= 4 is 35.6 Å². The van der Waals surface area contributed by atoms with Crippen LogP contribution in [0.15, 0.2) is 29.4 Å². The summed E-state index contributed by atoms with van der Waals surface area (Å²) < 4.78 is 1.97. The van der Waals surface area contributed by atoms with E-state index in [4.69, 9.17) is 0 Å². The first-order valence-electron chi connectivity index (χ1n) is 9.66. The van der Waals surface area contributed by atoms with Crippen molar-refractivity contribution in [3.8, 4) is 0 Å². The van der Waals surface area contributed by atoms with Gasteiger partial charge in [0.1, 0.15) is 6.54 Å². The summed E-state index contributed by atoms with van der Waals surface area (Å²) in [6.45, 7) is 5.56. The first-order chi connectivity index (χ1) is 12.7. The molecule has 0 aromatic carbocycles. The standard InChI is InChI=1S/C19H33N7.HI/c1-4-20-19(21-13-9-6-5-7-10-14-25(2)3)22-16-18-24-23-17-12-8-11-15-26(17)18;/h8,11-12,15H,4-7,9-10,13-14,16H2,1-3H3,(H2,20,21,22);1H. The molecule has 0 aliphatic carbocycles. The molecule has 2 aromatic heterocycles. The maximum Gasteiger partial charge on any atom is 0.191 e. The fraction of sp³-hybridized carbons (Fsp3) is 0.632. The Bertz CT molecular complexity index is 669. The van der Waals surface area contributed by atoms with Gasteiger partial charge in [-0.2, -0.15) is 0 Å². The topological polar surface area (TPSA) is 69.8 Å². The largest absolute Gasteiger partial charge is 0.357 e. The molecule has 0 amide bonds. The van der Waals surface area contributed by atoms with Crippen LogP contribution in [0.4, 0.5) is 0 Å². The van der Waals surface area contributed by atoms with E-state index >= 15 is 0 Å². The van der Waals surface area contributed by atoms with Gasteiger partial charge in [-0.25, -0.2) is 4.99 Å². The van der Waals surface area contributed by atoms with Crippen molar-refractivity contribution in [1.82, 2.24) is 30.1 Å². The zero-order chi connectivity index (χ0) is 18.6. The Labute approximate surface area is 180 Å². The van der Waals surface area contributed by atoms with Gasteiger partial charge in [-0.15, -0.1) is 34.2 Å². The van der Waals surface area contributed by atoms with E-state index in [-0.39, 0.29) is 24.0 Å². The van der Waals surface area contributed by atoms with Gasteiger partial charge in [0.25, 0.3) is 0 Å². The number of halogens is 1. The Morgan fingerprint density at radius 3 is 2.63 bits per heavy atom. The number of aliphatic imine (C=N–C) groups is 1. The second kappa shape index (κ2) is 13.7. The molecule has 7 nitrogen and oxygen atoms in total. The van der Waals surface area contributed by atoms with Gasteiger partial charge in [-0.3, -0.25) is 4.40 Å². The molecular weight excluding hydrogens is 453 g/mol. The molecule has 0 unspecified atom stereocenters. The molecule has 0 saturated heterocycles. The monoisotopic (exact) mass is 487 g/mol. The van der Waals surface area contributed by atoms with Crippen LogP contribution in [0.2, 0.25) is 0 Å². The lowest BCUT2D eigenvalue weighted by Crippen LogP contribution is -2.37. The number of hydrogen-bond acceptors (Lipinski definition) is 4. The number of guanidine groups is 1. The molecule has 0 saturated carbocycles. The third-order valence-electron chi connectivity index (χ3n) is 4.18. The predicted octanol–water partition coefficient (Wildman–Crippen LogP) is 2.91. The van der Waals surface area contributed by atoms with Gasteiger partial charge in [-0.1, -0.05) is 25.3 Å². The highest BCUT2D eigenvalue weighted by Crippen LogP contribution is 2.04. The van der Waals surface area contributed by atoms with Crippen molar-refractivity contribution in [2.45, 2.75) is 45.6 Å². The highest BCUT2D eigenvalue weighted by atomic mass is 127. The summed E-state index contributed by atoms with van der Waals surface area (Å²) in [5, 5.41) is 15.1. The number of nitrogens with zero attached hydrogens (tertiary/aromatic N) is 5. The van der Waals surface area contributed by atoms with E-state index in [0.29, 0.717) is 6.54 Å². The summed E-state index contributed by atoms with van der Waals surface area (Å²) in [6.07, 6.45) is 8.30. The van der Waals surface area contributed by atoms with Gasteiger partial charge in [-0.05, 0) is 52.5 Å². The predicted molar refractivity (Wildman–Crippen MR) is 123 cm³/mol. The minimum absolute atomic E-state index is 0. The summed E-state index contributed by atoms with van der Waals surface area (Å²) in [5.41, 5.74) is 0.852. The fourth-order valence-corrected chi connectivity index (χ4v) is 2.78. The van der Waals surface area contributed by atoms with Crippen molar-refractivity contribution in [3.63, 3.8) is 0 Å². The number of rotatable bonds is 11. The van der Waals surface area contributed by atoms with Crippen LogP contribution in [-0.2, 0) is 6.54 Å². The number of fused-ring (bicyclic) bond motifs is 1. The quantitative estimate of drug-likeness (QED) is 0.221. The molecule has 27 heavy (non-hydrogen) atoms. The van der Waals surface area contributed by atoms with Crippen molar-refractivity contribution in [1.29, 1.82) is 0 Å². The molecule has 0 radical (unpaired) electrons. The molecule has 2 rings (SSSR count). The van der Waals surface area contributed by atoms with Crippen molar-refractivity contribution in [3.05, 3.63) is 30.2 Å². The first-order valence-corrected chi connectivity index (χ1v) is 9.66. The smallest absolute Gasteiger partial charge is 0.191 e. The zero-order valence-corrected chi connectivity index (χ0v) is 19.1. The molecular formula is C19H34IN7. The lowest BCUT2D eigenvalue weighted by atomic mass is 10.1. The second-order valence-electron chi connectivity index (χ2n) is 6.74. The molecule has 8 heteroatoms. The zero-order valence-electron chi connectivity index (χ0n) is 16.8. The Hall–Kier alpha value is -1.42. The van der Waals surface area contributed by atoms with E-state index in [1.165, 1.54) is 38.6 Å². The molecule has 0 aliphatic heterocycles. The van der Waals surface area contributed by atoms with Gasteiger partial charge >= 0.3 is 0 Å². The molecule has 0 fully saturated rings. The SMILES string of the molecule is CCNC(=NCc1nnc2ccccn12)NCCCCCCCN(C)C.I. The molecule has 0 bridgehead atoms. The van der Waals surface area contributed by atoms with E-state index in [2.05, 4.69) is 51.7 Å². The molecule has 2 heterocycles. The number of aromatic nitrogens is 3. The van der Waals surface area contributed by atoms with Gasteiger partial charge in [0.2, 0.25) is 0 Å². The summed E-state index contributed by atoms with van der Waals surface area (Å²) in [5.74, 6) is 1.69. The Morgan fingerprint density at radius 2 is 1.85 bits per heavy atom. The molecule has 2 aromatic rings. The molecule has 0 atom stereocenters. The van der Waals surface area contributed by atoms with E-state index in [1.54, 1.807) is 0 Å². The average molecular weight is 487 g/mol. The Balaban J connectivity index is 0.00000364. The highest BCUT2D eigenvalue weighted by Gasteiger charge is 2.04. The number of pyridine rings is 1. The van der Waals surface area contributed by atoms with Gasteiger partial charge in [0.05, 0.1) is 0 Å².